The van der Waals surface area contributed by atoms with Gasteiger partial charge in [-0.05, 0) is 12.1 Å². The molecule has 1 aromatic rings. The molecule has 1 aromatic carbocycles. The molecule has 0 spiro atoms. The zero-order valence-electron chi connectivity index (χ0n) is 9.65. The fourth-order valence-corrected chi connectivity index (χ4v) is 1.96. The van der Waals surface area contributed by atoms with Crippen LogP contribution >= 0.6 is 0 Å². The van der Waals surface area contributed by atoms with E-state index in [0.29, 0.717) is 18.7 Å². The third-order valence-electron chi connectivity index (χ3n) is 2.93. The van der Waals surface area contributed by atoms with E-state index in [1.807, 2.05) is 0 Å². The second-order valence-corrected chi connectivity index (χ2v) is 4.02. The number of hydrogen-bond donors (Lipinski definition) is 0. The van der Waals surface area contributed by atoms with Crippen molar-refractivity contribution in [2.75, 3.05) is 18.6 Å². The van der Waals surface area contributed by atoms with Gasteiger partial charge < -0.3 is 9.64 Å². The second-order valence-electron chi connectivity index (χ2n) is 4.02. The molecule has 1 aliphatic heterocycles. The van der Waals surface area contributed by atoms with E-state index in [2.05, 4.69) is 6.58 Å². The smallest absolute Gasteiger partial charge is 0.227 e. The van der Waals surface area contributed by atoms with Crippen molar-refractivity contribution in [3.05, 3.63) is 36.7 Å². The predicted octanol–water partition coefficient (Wildman–Crippen LogP) is 2.37. The van der Waals surface area contributed by atoms with Crippen LogP contribution < -0.4 is 9.64 Å². The summed E-state index contributed by atoms with van der Waals surface area (Å²) in [5.74, 6) is -0.0809. The third kappa shape index (κ3) is 2.16. The Kier molecular flexibility index (Phi) is 3.13. The van der Waals surface area contributed by atoms with Crippen LogP contribution in [0.1, 0.15) is 6.42 Å². The topological polar surface area (TPSA) is 29.5 Å². The molecule has 1 atom stereocenters. The molecule has 3 nitrogen and oxygen atoms in total. The van der Waals surface area contributed by atoms with Gasteiger partial charge in [-0.2, -0.15) is 0 Å². The van der Waals surface area contributed by atoms with Gasteiger partial charge >= 0.3 is 0 Å². The molecule has 2 rings (SSSR count). The highest BCUT2D eigenvalue weighted by molar-refractivity contribution is 5.96. The number of carbonyl (C=O) groups is 1. The molecule has 1 aliphatic rings. The monoisotopic (exact) mass is 235 g/mol. The van der Waals surface area contributed by atoms with Crippen LogP contribution in [-0.2, 0) is 4.79 Å². The summed E-state index contributed by atoms with van der Waals surface area (Å²) >= 11 is 0. The van der Waals surface area contributed by atoms with E-state index < -0.39 is 5.82 Å². The van der Waals surface area contributed by atoms with E-state index in [1.54, 1.807) is 23.1 Å². The van der Waals surface area contributed by atoms with Crippen LogP contribution in [0.4, 0.5) is 10.1 Å². The zero-order valence-corrected chi connectivity index (χ0v) is 9.65. The normalized spacial score (nSPS) is 19.5. The highest BCUT2D eigenvalue weighted by atomic mass is 19.1. The van der Waals surface area contributed by atoms with E-state index in [1.165, 1.54) is 13.2 Å². The van der Waals surface area contributed by atoms with Gasteiger partial charge in [0.25, 0.3) is 0 Å². The number of rotatable bonds is 3. The van der Waals surface area contributed by atoms with Crippen LogP contribution in [0.3, 0.4) is 0 Å². The first-order valence-corrected chi connectivity index (χ1v) is 5.42. The maximum absolute atomic E-state index is 13.3. The van der Waals surface area contributed by atoms with Crippen molar-refractivity contribution < 1.29 is 13.9 Å². The highest BCUT2D eigenvalue weighted by Crippen LogP contribution is 2.29. The number of ether oxygens (including phenoxy) is 1. The molecule has 0 aromatic heterocycles. The Morgan fingerprint density at radius 2 is 2.35 bits per heavy atom. The van der Waals surface area contributed by atoms with Crippen LogP contribution in [0.25, 0.3) is 0 Å². The standard InChI is InChI=1S/C13H14FNO2/c1-3-9-6-13(16)15(8-9)10-4-5-11(14)12(7-10)17-2/h3-5,7,9H,1,6,8H2,2H3. The first-order valence-electron chi connectivity index (χ1n) is 5.42. The molecule has 0 radical (unpaired) electrons. The van der Waals surface area contributed by atoms with E-state index in [0.717, 1.165) is 0 Å². The summed E-state index contributed by atoms with van der Waals surface area (Å²) in [4.78, 5) is 13.4. The van der Waals surface area contributed by atoms with Gasteiger partial charge in [-0.1, -0.05) is 6.08 Å². The minimum absolute atomic E-state index is 0.0311. The average molecular weight is 235 g/mol. The number of halogens is 1. The van der Waals surface area contributed by atoms with Crippen LogP contribution in [-0.4, -0.2) is 19.6 Å². The van der Waals surface area contributed by atoms with Crippen LogP contribution in [0.2, 0.25) is 0 Å². The van der Waals surface area contributed by atoms with Gasteiger partial charge in [0.05, 0.1) is 7.11 Å². The van der Waals surface area contributed by atoms with Crippen molar-refractivity contribution in [2.45, 2.75) is 6.42 Å². The molecule has 1 saturated heterocycles. The van der Waals surface area contributed by atoms with Crippen LogP contribution in [0.5, 0.6) is 5.75 Å². The molecule has 90 valence electrons. The summed E-state index contributed by atoms with van der Waals surface area (Å²) in [6.07, 6.45) is 2.24. The van der Waals surface area contributed by atoms with Gasteiger partial charge in [-0.25, -0.2) is 4.39 Å². The van der Waals surface area contributed by atoms with E-state index >= 15 is 0 Å². The number of anilines is 1. The van der Waals surface area contributed by atoms with E-state index in [4.69, 9.17) is 4.74 Å². The fraction of sp³-hybridized carbons (Fsp3) is 0.308. The maximum atomic E-state index is 13.3. The Morgan fingerprint density at radius 3 is 2.94 bits per heavy atom. The maximum Gasteiger partial charge on any atom is 0.227 e. The van der Waals surface area contributed by atoms with Gasteiger partial charge in [0, 0.05) is 30.6 Å². The van der Waals surface area contributed by atoms with Crippen LogP contribution in [0.15, 0.2) is 30.9 Å². The average Bonchev–Trinajstić information content (AvgIpc) is 2.71. The Balaban J connectivity index is 2.28. The summed E-state index contributed by atoms with van der Waals surface area (Å²) < 4.78 is 18.2. The molecule has 1 amide bonds. The molecule has 0 aliphatic carbocycles. The molecule has 0 N–H and O–H groups in total. The largest absolute Gasteiger partial charge is 0.494 e. The molecular weight excluding hydrogens is 221 g/mol. The molecule has 1 unspecified atom stereocenters. The lowest BCUT2D eigenvalue weighted by atomic mass is 10.1. The number of benzene rings is 1. The zero-order chi connectivity index (χ0) is 12.4. The van der Waals surface area contributed by atoms with Gasteiger partial charge in [-0.3, -0.25) is 4.79 Å². The van der Waals surface area contributed by atoms with E-state index in [9.17, 15) is 9.18 Å². The fourth-order valence-electron chi connectivity index (χ4n) is 1.96. The van der Waals surface area contributed by atoms with Gasteiger partial charge in [0.1, 0.15) is 0 Å². The lowest BCUT2D eigenvalue weighted by Crippen LogP contribution is -2.24. The SMILES string of the molecule is C=CC1CC(=O)N(c2ccc(F)c(OC)c2)C1. The van der Waals surface area contributed by atoms with Crippen molar-refractivity contribution in [3.8, 4) is 5.75 Å². The minimum atomic E-state index is -0.428. The summed E-state index contributed by atoms with van der Waals surface area (Å²) in [6, 6.07) is 4.43. The number of carbonyl (C=O) groups excluding carboxylic acids is 1. The van der Waals surface area contributed by atoms with Crippen molar-refractivity contribution in [2.24, 2.45) is 5.92 Å². The van der Waals surface area contributed by atoms with Gasteiger partial charge in [0.15, 0.2) is 11.6 Å². The van der Waals surface area contributed by atoms with E-state index in [-0.39, 0.29) is 17.6 Å². The molecule has 1 heterocycles. The van der Waals surface area contributed by atoms with Gasteiger partial charge in [0.2, 0.25) is 5.91 Å². The van der Waals surface area contributed by atoms with Gasteiger partial charge in [-0.15, -0.1) is 6.58 Å². The highest BCUT2D eigenvalue weighted by Gasteiger charge is 2.29. The Morgan fingerprint density at radius 1 is 1.59 bits per heavy atom. The number of nitrogens with zero attached hydrogens (tertiary/aromatic N) is 1. The number of methoxy groups -OCH3 is 1. The molecule has 4 heteroatoms. The van der Waals surface area contributed by atoms with Crippen molar-refractivity contribution >= 4 is 11.6 Å². The van der Waals surface area contributed by atoms with Crippen molar-refractivity contribution in [1.29, 1.82) is 0 Å². The quantitative estimate of drug-likeness (QED) is 0.753. The summed E-state index contributed by atoms with van der Waals surface area (Å²) in [6.45, 7) is 4.28. The second kappa shape index (κ2) is 4.57. The summed E-state index contributed by atoms with van der Waals surface area (Å²) in [7, 11) is 1.40. The Labute approximate surface area is 99.5 Å². The molecule has 0 saturated carbocycles. The first-order chi connectivity index (χ1) is 8.15. The van der Waals surface area contributed by atoms with Crippen LogP contribution in [0, 0.1) is 11.7 Å². The summed E-state index contributed by atoms with van der Waals surface area (Å²) in [5.41, 5.74) is 0.664. The van der Waals surface area contributed by atoms with Crippen molar-refractivity contribution in [3.63, 3.8) is 0 Å². The third-order valence-corrected chi connectivity index (χ3v) is 2.93. The number of amides is 1. The lowest BCUT2D eigenvalue weighted by Gasteiger charge is -2.17. The first kappa shape index (κ1) is 11.6. The minimum Gasteiger partial charge on any atom is -0.494 e. The summed E-state index contributed by atoms with van der Waals surface area (Å²) in [5, 5.41) is 0. The lowest BCUT2D eigenvalue weighted by molar-refractivity contribution is -0.117. The molecule has 0 bridgehead atoms. The molecule has 1 fully saturated rings. The Bertz CT molecular complexity index is 459. The van der Waals surface area contributed by atoms with Crippen molar-refractivity contribution in [1.82, 2.24) is 0 Å². The molecular formula is C13H14FNO2. The Hall–Kier alpha value is -1.84. The predicted molar refractivity (Wildman–Crippen MR) is 63.6 cm³/mol. The molecule has 17 heavy (non-hydrogen) atoms. The number of hydrogen-bond acceptors (Lipinski definition) is 2.